The van der Waals surface area contributed by atoms with Gasteiger partial charge in [0.15, 0.2) is 0 Å². The van der Waals surface area contributed by atoms with Crippen LogP contribution in [0.2, 0.25) is 0 Å². The molecule has 1 aliphatic rings. The van der Waals surface area contributed by atoms with E-state index in [1.165, 1.54) is 6.42 Å². The van der Waals surface area contributed by atoms with Crippen LogP contribution in [0.15, 0.2) is 24.3 Å². The van der Waals surface area contributed by atoms with E-state index in [1.807, 2.05) is 24.3 Å². The van der Waals surface area contributed by atoms with Gasteiger partial charge in [-0.25, -0.2) is 0 Å². The van der Waals surface area contributed by atoms with E-state index in [0.717, 1.165) is 24.0 Å². The highest BCUT2D eigenvalue weighted by Crippen LogP contribution is 2.18. The first-order chi connectivity index (χ1) is 7.29. The standard InChI is InChI=1S/C12H16N2O/c13-8-9-4-6-10(7-5-9)12(15)14-11-2-1-3-11/h4-7,11H,1-3,8,13H2,(H,14,15). The number of hydrogen-bond acceptors (Lipinski definition) is 2. The van der Waals surface area contributed by atoms with Crippen LogP contribution in [0, 0.1) is 0 Å². The topological polar surface area (TPSA) is 55.1 Å². The zero-order valence-electron chi connectivity index (χ0n) is 8.70. The number of nitrogens with two attached hydrogens (primary N) is 1. The fourth-order valence-electron chi connectivity index (χ4n) is 1.61. The molecule has 0 heterocycles. The summed E-state index contributed by atoms with van der Waals surface area (Å²) >= 11 is 0. The molecule has 1 amide bonds. The minimum atomic E-state index is 0.0308. The van der Waals surface area contributed by atoms with Crippen LogP contribution in [-0.2, 0) is 6.54 Å². The highest BCUT2D eigenvalue weighted by atomic mass is 16.1. The fourth-order valence-corrected chi connectivity index (χ4v) is 1.61. The number of benzene rings is 1. The molecule has 3 nitrogen and oxygen atoms in total. The zero-order chi connectivity index (χ0) is 10.7. The number of amides is 1. The Kier molecular flexibility index (Phi) is 3.02. The maximum Gasteiger partial charge on any atom is 0.251 e. The Bertz CT molecular complexity index is 341. The average molecular weight is 204 g/mol. The first-order valence-corrected chi connectivity index (χ1v) is 5.39. The van der Waals surface area contributed by atoms with Crippen LogP contribution in [0.3, 0.4) is 0 Å². The van der Waals surface area contributed by atoms with E-state index >= 15 is 0 Å². The van der Waals surface area contributed by atoms with E-state index in [0.29, 0.717) is 12.6 Å². The van der Waals surface area contributed by atoms with Crippen LogP contribution in [0.1, 0.15) is 35.2 Å². The van der Waals surface area contributed by atoms with Crippen LogP contribution in [-0.4, -0.2) is 11.9 Å². The summed E-state index contributed by atoms with van der Waals surface area (Å²) in [5.41, 5.74) is 7.26. The Labute approximate surface area is 89.7 Å². The lowest BCUT2D eigenvalue weighted by Gasteiger charge is -2.26. The Balaban J connectivity index is 1.98. The van der Waals surface area contributed by atoms with Crippen LogP contribution >= 0.6 is 0 Å². The summed E-state index contributed by atoms with van der Waals surface area (Å²) in [6.45, 7) is 0.518. The lowest BCUT2D eigenvalue weighted by molar-refractivity contribution is 0.0917. The first-order valence-electron chi connectivity index (χ1n) is 5.39. The normalized spacial score (nSPS) is 15.8. The lowest BCUT2D eigenvalue weighted by Crippen LogP contribution is -2.39. The highest BCUT2D eigenvalue weighted by Gasteiger charge is 2.19. The van der Waals surface area contributed by atoms with Crippen molar-refractivity contribution in [3.8, 4) is 0 Å². The fraction of sp³-hybridized carbons (Fsp3) is 0.417. The predicted molar refractivity (Wildman–Crippen MR) is 59.4 cm³/mol. The Morgan fingerprint density at radius 3 is 2.47 bits per heavy atom. The van der Waals surface area contributed by atoms with Gasteiger partial charge in [-0.1, -0.05) is 12.1 Å². The van der Waals surface area contributed by atoms with E-state index in [4.69, 9.17) is 5.73 Å². The molecular formula is C12H16N2O. The first kappa shape index (κ1) is 10.2. The summed E-state index contributed by atoms with van der Waals surface area (Å²) in [6.07, 6.45) is 3.47. The second-order valence-corrected chi connectivity index (χ2v) is 4.00. The number of rotatable bonds is 3. The van der Waals surface area contributed by atoms with E-state index in [2.05, 4.69) is 5.32 Å². The summed E-state index contributed by atoms with van der Waals surface area (Å²) in [5.74, 6) is 0.0308. The van der Waals surface area contributed by atoms with Gasteiger partial charge in [0, 0.05) is 18.2 Å². The van der Waals surface area contributed by atoms with Crippen molar-refractivity contribution in [1.29, 1.82) is 0 Å². The van der Waals surface area contributed by atoms with Crippen molar-refractivity contribution in [2.24, 2.45) is 5.73 Å². The van der Waals surface area contributed by atoms with Crippen molar-refractivity contribution in [2.75, 3.05) is 0 Å². The molecule has 1 fully saturated rings. The van der Waals surface area contributed by atoms with Gasteiger partial charge in [0.05, 0.1) is 0 Å². The van der Waals surface area contributed by atoms with E-state index in [1.54, 1.807) is 0 Å². The predicted octanol–water partition coefficient (Wildman–Crippen LogP) is 1.43. The van der Waals surface area contributed by atoms with Crippen molar-refractivity contribution in [3.63, 3.8) is 0 Å². The molecule has 0 bridgehead atoms. The molecule has 0 saturated heterocycles. The zero-order valence-corrected chi connectivity index (χ0v) is 8.70. The molecule has 0 atom stereocenters. The lowest BCUT2D eigenvalue weighted by atomic mass is 9.93. The van der Waals surface area contributed by atoms with Gasteiger partial charge in [-0.3, -0.25) is 4.79 Å². The Hall–Kier alpha value is -1.35. The second-order valence-electron chi connectivity index (χ2n) is 4.00. The van der Waals surface area contributed by atoms with Crippen molar-refractivity contribution in [3.05, 3.63) is 35.4 Å². The molecule has 3 heteroatoms. The minimum absolute atomic E-state index is 0.0308. The quantitative estimate of drug-likeness (QED) is 0.782. The van der Waals surface area contributed by atoms with E-state index < -0.39 is 0 Å². The number of carbonyl (C=O) groups is 1. The molecule has 0 radical (unpaired) electrons. The van der Waals surface area contributed by atoms with Crippen LogP contribution < -0.4 is 11.1 Å². The summed E-state index contributed by atoms with van der Waals surface area (Å²) in [7, 11) is 0. The van der Waals surface area contributed by atoms with Crippen molar-refractivity contribution >= 4 is 5.91 Å². The summed E-state index contributed by atoms with van der Waals surface area (Å²) in [5, 5.41) is 3.00. The molecular weight excluding hydrogens is 188 g/mol. The third-order valence-corrected chi connectivity index (χ3v) is 2.89. The van der Waals surface area contributed by atoms with Gasteiger partial charge < -0.3 is 11.1 Å². The molecule has 1 saturated carbocycles. The molecule has 0 aromatic heterocycles. The molecule has 2 rings (SSSR count). The minimum Gasteiger partial charge on any atom is -0.349 e. The maximum atomic E-state index is 11.7. The van der Waals surface area contributed by atoms with Crippen molar-refractivity contribution in [2.45, 2.75) is 31.8 Å². The molecule has 0 aliphatic heterocycles. The monoisotopic (exact) mass is 204 g/mol. The largest absolute Gasteiger partial charge is 0.349 e. The maximum absolute atomic E-state index is 11.7. The van der Waals surface area contributed by atoms with E-state index in [-0.39, 0.29) is 5.91 Å². The molecule has 1 aromatic rings. The summed E-state index contributed by atoms with van der Waals surface area (Å²) < 4.78 is 0. The van der Waals surface area contributed by atoms with Crippen LogP contribution in [0.5, 0.6) is 0 Å². The van der Waals surface area contributed by atoms with E-state index in [9.17, 15) is 4.79 Å². The molecule has 0 unspecified atom stereocenters. The number of nitrogens with one attached hydrogen (secondary N) is 1. The van der Waals surface area contributed by atoms with Gasteiger partial charge in [-0.05, 0) is 37.0 Å². The van der Waals surface area contributed by atoms with Gasteiger partial charge in [0.2, 0.25) is 0 Å². The highest BCUT2D eigenvalue weighted by molar-refractivity contribution is 5.94. The van der Waals surface area contributed by atoms with Gasteiger partial charge in [0.25, 0.3) is 5.91 Å². The third kappa shape index (κ3) is 2.36. The summed E-state index contributed by atoms with van der Waals surface area (Å²) in [6, 6.07) is 7.85. The molecule has 3 N–H and O–H groups in total. The molecule has 0 spiro atoms. The molecule has 15 heavy (non-hydrogen) atoms. The van der Waals surface area contributed by atoms with Crippen LogP contribution in [0.4, 0.5) is 0 Å². The Morgan fingerprint density at radius 1 is 1.33 bits per heavy atom. The van der Waals surface area contributed by atoms with Gasteiger partial charge in [-0.15, -0.1) is 0 Å². The van der Waals surface area contributed by atoms with Crippen molar-refractivity contribution in [1.82, 2.24) is 5.32 Å². The van der Waals surface area contributed by atoms with Gasteiger partial charge in [-0.2, -0.15) is 0 Å². The van der Waals surface area contributed by atoms with Gasteiger partial charge >= 0.3 is 0 Å². The third-order valence-electron chi connectivity index (χ3n) is 2.89. The average Bonchev–Trinajstić information content (AvgIpc) is 2.23. The smallest absolute Gasteiger partial charge is 0.251 e. The summed E-state index contributed by atoms with van der Waals surface area (Å²) in [4.78, 5) is 11.7. The molecule has 80 valence electrons. The molecule has 1 aliphatic carbocycles. The van der Waals surface area contributed by atoms with Crippen molar-refractivity contribution < 1.29 is 4.79 Å². The molecule has 1 aromatic carbocycles. The number of carbonyl (C=O) groups excluding carboxylic acids is 1. The van der Waals surface area contributed by atoms with Gasteiger partial charge in [0.1, 0.15) is 0 Å². The van der Waals surface area contributed by atoms with Crippen LogP contribution in [0.25, 0.3) is 0 Å². The number of hydrogen-bond donors (Lipinski definition) is 2. The Morgan fingerprint density at radius 2 is 2.00 bits per heavy atom. The SMILES string of the molecule is NCc1ccc(C(=O)NC2CCC2)cc1. The second kappa shape index (κ2) is 4.45.